The normalized spacial score (nSPS) is 12.0. The van der Waals surface area contributed by atoms with Crippen LogP contribution in [0.3, 0.4) is 0 Å². The van der Waals surface area contributed by atoms with Crippen molar-refractivity contribution in [1.29, 1.82) is 0 Å². The van der Waals surface area contributed by atoms with Crippen LogP contribution in [0.4, 0.5) is 0 Å². The third kappa shape index (κ3) is 5.23. The first-order valence-corrected chi connectivity index (χ1v) is 4.48. The molecule has 0 amide bonds. The van der Waals surface area contributed by atoms with Gasteiger partial charge in [-0.1, -0.05) is 17.2 Å². The van der Waals surface area contributed by atoms with Gasteiger partial charge in [-0.15, -0.1) is 0 Å². The molecule has 13 heavy (non-hydrogen) atoms. The fraction of sp³-hybridized carbons (Fsp3) is 0.545. The Morgan fingerprint density at radius 3 is 2.15 bits per heavy atom. The molecule has 0 rings (SSSR count). The molecule has 0 bridgehead atoms. The van der Waals surface area contributed by atoms with Crippen LogP contribution in [0.25, 0.3) is 0 Å². The molecule has 0 aliphatic carbocycles. The summed E-state index contributed by atoms with van der Waals surface area (Å²) in [6.45, 7) is 7.62. The Hall–Kier alpha value is -1.05. The van der Waals surface area contributed by atoms with Gasteiger partial charge in [0.2, 0.25) is 0 Å². The van der Waals surface area contributed by atoms with Crippen LogP contribution in [0.15, 0.2) is 22.8 Å². The molecule has 1 N–H and O–H groups in total. The summed E-state index contributed by atoms with van der Waals surface area (Å²) in [7, 11) is 0. The van der Waals surface area contributed by atoms with Gasteiger partial charge in [-0.3, -0.25) is 0 Å². The van der Waals surface area contributed by atoms with E-state index < -0.39 is 5.97 Å². The lowest BCUT2D eigenvalue weighted by molar-refractivity contribution is -0.132. The predicted molar refractivity (Wildman–Crippen MR) is 54.7 cm³/mol. The number of aliphatic carboxylic acids is 1. The highest BCUT2D eigenvalue weighted by molar-refractivity contribution is 5.86. The number of hydrogen-bond acceptors (Lipinski definition) is 1. The summed E-state index contributed by atoms with van der Waals surface area (Å²) in [6, 6.07) is 0. The average molecular weight is 182 g/mol. The van der Waals surface area contributed by atoms with Crippen LogP contribution >= 0.6 is 0 Å². The Morgan fingerprint density at radius 1 is 1.23 bits per heavy atom. The summed E-state index contributed by atoms with van der Waals surface area (Å²) in [5, 5.41) is 8.69. The third-order valence-corrected chi connectivity index (χ3v) is 2.03. The molecule has 2 nitrogen and oxygen atoms in total. The van der Waals surface area contributed by atoms with Gasteiger partial charge < -0.3 is 5.11 Å². The number of allylic oxidation sites excluding steroid dienone is 3. The minimum absolute atomic E-state index is 0.474. The van der Waals surface area contributed by atoms with Gasteiger partial charge in [0.15, 0.2) is 0 Å². The molecule has 0 aromatic carbocycles. The van der Waals surface area contributed by atoms with Crippen LogP contribution in [0.5, 0.6) is 0 Å². The molecule has 0 aliphatic heterocycles. The van der Waals surface area contributed by atoms with Gasteiger partial charge in [0, 0.05) is 5.57 Å². The maximum Gasteiger partial charge on any atom is 0.331 e. The molecular formula is C11H18O2. The minimum Gasteiger partial charge on any atom is -0.478 e. The highest BCUT2D eigenvalue weighted by atomic mass is 16.4. The molecule has 0 atom stereocenters. The molecule has 0 saturated carbocycles. The van der Waals surface area contributed by atoms with E-state index in [1.807, 2.05) is 20.8 Å². The molecule has 2 heteroatoms. The molecule has 0 radical (unpaired) electrons. The van der Waals surface area contributed by atoms with Crippen molar-refractivity contribution >= 4 is 5.97 Å². The van der Waals surface area contributed by atoms with Crippen molar-refractivity contribution in [2.75, 3.05) is 0 Å². The summed E-state index contributed by atoms with van der Waals surface area (Å²) < 4.78 is 0. The lowest BCUT2D eigenvalue weighted by Crippen LogP contribution is -1.99. The highest BCUT2D eigenvalue weighted by Crippen LogP contribution is 2.11. The Kier molecular flexibility index (Phi) is 5.12. The SMILES string of the molecule is CC(C)=CCC/C(C)=C(\C)C(=O)O. The molecule has 0 aromatic rings. The van der Waals surface area contributed by atoms with Crippen molar-refractivity contribution in [3.05, 3.63) is 22.8 Å². The molecule has 0 aromatic heterocycles. The van der Waals surface area contributed by atoms with E-state index in [0.717, 1.165) is 18.4 Å². The molecule has 0 unspecified atom stereocenters. The Balaban J connectivity index is 4.15. The second-order valence-corrected chi connectivity index (χ2v) is 3.53. The topological polar surface area (TPSA) is 37.3 Å². The lowest BCUT2D eigenvalue weighted by Gasteiger charge is -2.01. The van der Waals surface area contributed by atoms with Crippen LogP contribution in [0.2, 0.25) is 0 Å². The van der Waals surface area contributed by atoms with Crippen molar-refractivity contribution in [3.63, 3.8) is 0 Å². The second kappa shape index (κ2) is 5.57. The van der Waals surface area contributed by atoms with Crippen molar-refractivity contribution in [2.45, 2.75) is 40.5 Å². The van der Waals surface area contributed by atoms with E-state index in [0.29, 0.717) is 5.57 Å². The zero-order valence-corrected chi connectivity index (χ0v) is 8.85. The monoisotopic (exact) mass is 182 g/mol. The van der Waals surface area contributed by atoms with E-state index in [2.05, 4.69) is 6.08 Å². The minimum atomic E-state index is -0.810. The first-order valence-electron chi connectivity index (χ1n) is 4.48. The van der Waals surface area contributed by atoms with E-state index >= 15 is 0 Å². The number of carboxylic acids is 1. The van der Waals surface area contributed by atoms with Gasteiger partial charge in [0.05, 0.1) is 0 Å². The largest absolute Gasteiger partial charge is 0.478 e. The Morgan fingerprint density at radius 2 is 1.77 bits per heavy atom. The van der Waals surface area contributed by atoms with Crippen LogP contribution in [0, 0.1) is 0 Å². The van der Waals surface area contributed by atoms with Crippen LogP contribution in [-0.2, 0) is 4.79 Å². The summed E-state index contributed by atoms with van der Waals surface area (Å²) in [5.74, 6) is -0.810. The molecule has 0 heterocycles. The van der Waals surface area contributed by atoms with Gasteiger partial charge >= 0.3 is 5.97 Å². The molecular weight excluding hydrogens is 164 g/mol. The first kappa shape index (κ1) is 11.9. The van der Waals surface area contributed by atoms with E-state index in [9.17, 15) is 4.79 Å². The van der Waals surface area contributed by atoms with Crippen LogP contribution in [-0.4, -0.2) is 11.1 Å². The molecule has 0 fully saturated rings. The average Bonchev–Trinajstić information content (AvgIpc) is 2.02. The number of carbonyl (C=O) groups is 1. The number of rotatable bonds is 4. The van der Waals surface area contributed by atoms with Crippen molar-refractivity contribution < 1.29 is 9.90 Å². The van der Waals surface area contributed by atoms with Gasteiger partial charge in [-0.2, -0.15) is 0 Å². The van der Waals surface area contributed by atoms with E-state index in [1.165, 1.54) is 5.57 Å². The smallest absolute Gasteiger partial charge is 0.331 e. The predicted octanol–water partition coefficient (Wildman–Crippen LogP) is 3.15. The maximum absolute atomic E-state index is 10.6. The summed E-state index contributed by atoms with van der Waals surface area (Å²) in [5.41, 5.74) is 2.72. The Bertz CT molecular complexity index is 243. The van der Waals surface area contributed by atoms with Crippen molar-refractivity contribution in [3.8, 4) is 0 Å². The zero-order chi connectivity index (χ0) is 10.4. The van der Waals surface area contributed by atoms with Gasteiger partial charge in [0.25, 0.3) is 0 Å². The molecule has 0 saturated heterocycles. The maximum atomic E-state index is 10.6. The van der Waals surface area contributed by atoms with Crippen molar-refractivity contribution in [1.82, 2.24) is 0 Å². The standard InChI is InChI=1S/C11H18O2/c1-8(2)6-5-7-9(3)10(4)11(12)13/h6H,5,7H2,1-4H3,(H,12,13)/b10-9+. The number of hydrogen-bond donors (Lipinski definition) is 1. The van der Waals surface area contributed by atoms with Gasteiger partial charge in [-0.25, -0.2) is 4.79 Å². The molecule has 0 spiro atoms. The van der Waals surface area contributed by atoms with Gasteiger partial charge in [0.1, 0.15) is 0 Å². The zero-order valence-electron chi connectivity index (χ0n) is 8.85. The highest BCUT2D eigenvalue weighted by Gasteiger charge is 2.03. The fourth-order valence-corrected chi connectivity index (χ4v) is 0.947. The van der Waals surface area contributed by atoms with Crippen LogP contribution in [0.1, 0.15) is 40.5 Å². The second-order valence-electron chi connectivity index (χ2n) is 3.53. The van der Waals surface area contributed by atoms with E-state index in [1.54, 1.807) is 6.92 Å². The summed E-state index contributed by atoms with van der Waals surface area (Å²) >= 11 is 0. The van der Waals surface area contributed by atoms with Crippen molar-refractivity contribution in [2.24, 2.45) is 0 Å². The first-order chi connectivity index (χ1) is 5.95. The molecule has 0 aliphatic rings. The fourth-order valence-electron chi connectivity index (χ4n) is 0.947. The number of carboxylic acid groups (broad SMARTS) is 1. The summed E-state index contributed by atoms with van der Waals surface area (Å²) in [6.07, 6.45) is 3.89. The van der Waals surface area contributed by atoms with E-state index in [-0.39, 0.29) is 0 Å². The van der Waals surface area contributed by atoms with E-state index in [4.69, 9.17) is 5.11 Å². The quantitative estimate of drug-likeness (QED) is 0.535. The van der Waals surface area contributed by atoms with Gasteiger partial charge in [-0.05, 0) is 40.5 Å². The van der Waals surface area contributed by atoms with Crippen LogP contribution < -0.4 is 0 Å². The summed E-state index contributed by atoms with van der Waals surface area (Å²) in [4.78, 5) is 10.6. The lowest BCUT2D eigenvalue weighted by atomic mass is 10.1. The third-order valence-electron chi connectivity index (χ3n) is 2.03. The molecule has 74 valence electrons. The Labute approximate surface area is 80.0 Å².